The lowest BCUT2D eigenvalue weighted by atomic mass is 10.3. The fourth-order valence-corrected chi connectivity index (χ4v) is 0.366. The van der Waals surface area contributed by atoms with Crippen LogP contribution in [-0.2, 0) is 4.79 Å². The molecule has 0 aromatic heterocycles. The first-order valence-corrected chi connectivity index (χ1v) is 3.03. The van der Waals surface area contributed by atoms with E-state index >= 15 is 0 Å². The number of hydrogen-bond donors (Lipinski definition) is 2. The smallest absolute Gasteiger partial charge is 0.390 e. The van der Waals surface area contributed by atoms with E-state index in [2.05, 4.69) is 0 Å². The van der Waals surface area contributed by atoms with E-state index in [1.807, 2.05) is 0 Å². The maximum atomic E-state index is 12.1. The Kier molecular flexibility index (Phi) is 3.59. The zero-order valence-electron chi connectivity index (χ0n) is 6.16. The molecule has 8 heteroatoms. The Labute approximate surface area is 69.5 Å². The zero-order valence-corrected chi connectivity index (χ0v) is 6.16. The molecule has 13 heavy (non-hydrogen) atoms. The number of carbonyl (C=O) groups excluding carboxylic acids is 1. The summed E-state index contributed by atoms with van der Waals surface area (Å²) >= 11 is 0. The summed E-state index contributed by atoms with van der Waals surface area (Å²) in [5.41, 5.74) is 0. The van der Waals surface area contributed by atoms with Crippen molar-refractivity contribution in [2.45, 2.75) is 12.1 Å². The van der Waals surface area contributed by atoms with Gasteiger partial charge in [0.05, 0.1) is 6.54 Å². The van der Waals surface area contributed by atoms with E-state index in [4.69, 9.17) is 5.11 Å². The van der Waals surface area contributed by atoms with Gasteiger partial charge in [-0.3, -0.25) is 4.79 Å². The van der Waals surface area contributed by atoms with Gasteiger partial charge in [0.15, 0.2) is 0 Å². The lowest BCUT2D eigenvalue weighted by molar-refractivity contribution is -0.175. The van der Waals surface area contributed by atoms with E-state index in [1.54, 1.807) is 0 Å². The van der Waals surface area contributed by atoms with Crippen LogP contribution >= 0.6 is 0 Å². The first-order chi connectivity index (χ1) is 5.69. The van der Waals surface area contributed by atoms with Crippen LogP contribution in [0, 0.1) is 0 Å². The molecule has 0 spiro atoms. The Morgan fingerprint density at radius 2 is 1.69 bits per heavy atom. The first-order valence-electron chi connectivity index (χ1n) is 3.03. The van der Waals surface area contributed by atoms with Crippen molar-refractivity contribution in [2.24, 2.45) is 0 Å². The number of halogens is 5. The molecule has 0 heterocycles. The van der Waals surface area contributed by atoms with Crippen molar-refractivity contribution in [3.05, 3.63) is 0 Å². The Morgan fingerprint density at radius 3 is 2.00 bits per heavy atom. The highest BCUT2D eigenvalue weighted by Crippen LogP contribution is 2.15. The standard InChI is InChI=1S/C5H6F5NO2/c6-4(7,2-12)1-11-3(13)5(8,9)10/h12H,1-2H2,(H,11,13). The van der Waals surface area contributed by atoms with Gasteiger partial charge in [0.25, 0.3) is 5.92 Å². The van der Waals surface area contributed by atoms with Crippen LogP contribution in [0.25, 0.3) is 0 Å². The molecule has 0 fully saturated rings. The maximum absolute atomic E-state index is 12.1. The predicted molar refractivity (Wildman–Crippen MR) is 31.1 cm³/mol. The molecule has 0 aliphatic carbocycles. The second-order valence-electron chi connectivity index (χ2n) is 2.19. The van der Waals surface area contributed by atoms with Crippen molar-refractivity contribution in [3.63, 3.8) is 0 Å². The molecule has 0 unspecified atom stereocenters. The zero-order chi connectivity index (χ0) is 10.7. The van der Waals surface area contributed by atoms with Gasteiger partial charge >= 0.3 is 12.1 Å². The lowest BCUT2D eigenvalue weighted by Crippen LogP contribution is -2.44. The molecule has 0 aliphatic heterocycles. The summed E-state index contributed by atoms with van der Waals surface area (Å²) in [6, 6.07) is 0. The quantitative estimate of drug-likeness (QED) is 0.653. The van der Waals surface area contributed by atoms with Crippen LogP contribution in [0.15, 0.2) is 0 Å². The SMILES string of the molecule is O=C(NCC(F)(F)CO)C(F)(F)F. The number of carbonyl (C=O) groups is 1. The van der Waals surface area contributed by atoms with E-state index < -0.39 is 31.2 Å². The van der Waals surface area contributed by atoms with Crippen molar-refractivity contribution in [2.75, 3.05) is 13.2 Å². The molecule has 1 amide bonds. The number of alkyl halides is 5. The van der Waals surface area contributed by atoms with Crippen molar-refractivity contribution in [1.82, 2.24) is 5.32 Å². The van der Waals surface area contributed by atoms with Crippen LogP contribution in [0.2, 0.25) is 0 Å². The average molecular weight is 207 g/mol. The highest BCUT2D eigenvalue weighted by molar-refractivity contribution is 5.81. The summed E-state index contributed by atoms with van der Waals surface area (Å²) in [7, 11) is 0. The Morgan fingerprint density at radius 1 is 1.23 bits per heavy atom. The Bertz CT molecular complexity index is 190. The number of amides is 1. The molecule has 0 saturated carbocycles. The molecule has 0 radical (unpaired) electrons. The summed E-state index contributed by atoms with van der Waals surface area (Å²) in [4.78, 5) is 9.98. The minimum Gasteiger partial charge on any atom is -0.390 e. The second-order valence-corrected chi connectivity index (χ2v) is 2.19. The molecule has 0 aliphatic rings. The second kappa shape index (κ2) is 3.86. The molecule has 3 nitrogen and oxygen atoms in total. The van der Waals surface area contributed by atoms with Crippen LogP contribution in [0.1, 0.15) is 0 Å². The number of nitrogens with one attached hydrogen (secondary N) is 1. The normalized spacial score (nSPS) is 12.8. The Hall–Kier alpha value is -0.920. The third-order valence-electron chi connectivity index (χ3n) is 0.996. The molecule has 0 aromatic carbocycles. The van der Waals surface area contributed by atoms with Gasteiger partial charge in [-0.15, -0.1) is 0 Å². The molecular weight excluding hydrogens is 201 g/mol. The highest BCUT2D eigenvalue weighted by Gasteiger charge is 2.40. The van der Waals surface area contributed by atoms with Crippen LogP contribution in [0.5, 0.6) is 0 Å². The van der Waals surface area contributed by atoms with Gasteiger partial charge < -0.3 is 10.4 Å². The fourth-order valence-electron chi connectivity index (χ4n) is 0.366. The Balaban J connectivity index is 3.98. The third kappa shape index (κ3) is 4.61. The first kappa shape index (κ1) is 12.1. The summed E-state index contributed by atoms with van der Waals surface area (Å²) in [5, 5.41) is 8.87. The van der Waals surface area contributed by atoms with E-state index in [9.17, 15) is 26.7 Å². The van der Waals surface area contributed by atoms with Crippen LogP contribution < -0.4 is 5.32 Å². The van der Waals surface area contributed by atoms with E-state index in [0.29, 0.717) is 0 Å². The van der Waals surface area contributed by atoms with Gasteiger partial charge in [0.1, 0.15) is 6.61 Å². The molecule has 0 saturated heterocycles. The molecule has 0 aromatic rings. The van der Waals surface area contributed by atoms with Crippen molar-refractivity contribution in [3.8, 4) is 0 Å². The highest BCUT2D eigenvalue weighted by atomic mass is 19.4. The summed E-state index contributed by atoms with van der Waals surface area (Å²) in [5.74, 6) is -6.19. The fraction of sp³-hybridized carbons (Fsp3) is 0.800. The molecule has 0 atom stereocenters. The third-order valence-corrected chi connectivity index (χ3v) is 0.996. The minimum absolute atomic E-state index is 0.940. The molecule has 2 N–H and O–H groups in total. The number of rotatable bonds is 3. The minimum atomic E-state index is -5.19. The van der Waals surface area contributed by atoms with Gasteiger partial charge in [-0.05, 0) is 0 Å². The monoisotopic (exact) mass is 207 g/mol. The van der Waals surface area contributed by atoms with Gasteiger partial charge in [0.2, 0.25) is 0 Å². The average Bonchev–Trinajstić information content (AvgIpc) is 1.98. The maximum Gasteiger partial charge on any atom is 0.471 e. The van der Waals surface area contributed by atoms with E-state index in [1.165, 1.54) is 0 Å². The van der Waals surface area contributed by atoms with Crippen molar-refractivity contribution >= 4 is 5.91 Å². The van der Waals surface area contributed by atoms with E-state index in [0.717, 1.165) is 5.32 Å². The van der Waals surface area contributed by atoms with Gasteiger partial charge in [-0.2, -0.15) is 13.2 Å². The summed E-state index contributed by atoms with van der Waals surface area (Å²) in [6.07, 6.45) is -5.19. The summed E-state index contributed by atoms with van der Waals surface area (Å²) < 4.78 is 58.4. The molecule has 0 rings (SSSR count). The van der Waals surface area contributed by atoms with Crippen LogP contribution in [-0.4, -0.2) is 36.3 Å². The predicted octanol–water partition coefficient (Wildman–Crippen LogP) is 0.292. The lowest BCUT2D eigenvalue weighted by Gasteiger charge is -2.14. The van der Waals surface area contributed by atoms with Crippen molar-refractivity contribution in [1.29, 1.82) is 0 Å². The van der Waals surface area contributed by atoms with Crippen LogP contribution in [0.3, 0.4) is 0 Å². The largest absolute Gasteiger partial charge is 0.471 e. The number of aliphatic hydroxyl groups excluding tert-OH is 1. The van der Waals surface area contributed by atoms with Crippen LogP contribution in [0.4, 0.5) is 22.0 Å². The summed E-state index contributed by atoms with van der Waals surface area (Å²) in [6.45, 7) is -3.16. The number of hydrogen-bond acceptors (Lipinski definition) is 2. The molecule has 78 valence electrons. The number of aliphatic hydroxyl groups is 1. The van der Waals surface area contributed by atoms with E-state index in [-0.39, 0.29) is 0 Å². The molecule has 0 bridgehead atoms. The van der Waals surface area contributed by atoms with Gasteiger partial charge in [-0.25, -0.2) is 8.78 Å². The van der Waals surface area contributed by atoms with Gasteiger partial charge in [-0.1, -0.05) is 0 Å². The molecular formula is C5H6F5NO2. The topological polar surface area (TPSA) is 49.3 Å². The van der Waals surface area contributed by atoms with Crippen molar-refractivity contribution < 1.29 is 31.9 Å². The van der Waals surface area contributed by atoms with Gasteiger partial charge in [0, 0.05) is 0 Å².